The molecule has 0 spiro atoms. The molecule has 1 aromatic heterocycles. The van der Waals surface area contributed by atoms with E-state index in [-0.39, 0.29) is 23.6 Å². The van der Waals surface area contributed by atoms with Crippen LogP contribution in [0.4, 0.5) is 0 Å². The van der Waals surface area contributed by atoms with E-state index in [4.69, 9.17) is 23.2 Å². The van der Waals surface area contributed by atoms with Gasteiger partial charge in [-0.3, -0.25) is 9.89 Å². The summed E-state index contributed by atoms with van der Waals surface area (Å²) in [6.45, 7) is 0.742. The number of H-pyrrole nitrogens is 1. The number of aromatic amines is 1. The maximum absolute atomic E-state index is 13.0. The molecule has 132 valence electrons. The van der Waals surface area contributed by atoms with Gasteiger partial charge in [0.2, 0.25) is 5.91 Å². The highest BCUT2D eigenvalue weighted by molar-refractivity contribution is 6.36. The van der Waals surface area contributed by atoms with E-state index in [2.05, 4.69) is 10.2 Å². The number of hydrogen-bond acceptors (Lipinski definition) is 3. The van der Waals surface area contributed by atoms with Crippen molar-refractivity contribution in [3.63, 3.8) is 0 Å². The fraction of sp³-hybridized carbons (Fsp3) is 0.444. The molecule has 1 aliphatic carbocycles. The molecule has 1 amide bonds. The number of carbonyl (C=O) groups excluding carboxylic acids is 1. The first-order valence-corrected chi connectivity index (χ1v) is 9.29. The molecule has 0 radical (unpaired) electrons. The predicted octanol–water partition coefficient (Wildman–Crippen LogP) is 3.89. The Bertz CT molecular complexity index is 797. The lowest BCUT2D eigenvalue weighted by molar-refractivity contribution is -0.133. The van der Waals surface area contributed by atoms with Crippen molar-refractivity contribution < 1.29 is 9.90 Å². The summed E-state index contributed by atoms with van der Waals surface area (Å²) in [6, 6.07) is 3.06. The fourth-order valence-electron chi connectivity index (χ4n) is 4.05. The highest BCUT2D eigenvalue weighted by Gasteiger charge is 2.38. The van der Waals surface area contributed by atoms with Crippen molar-refractivity contribution in [1.82, 2.24) is 15.1 Å². The highest BCUT2D eigenvalue weighted by Crippen LogP contribution is 2.39. The molecule has 1 unspecified atom stereocenters. The predicted molar refractivity (Wildman–Crippen MR) is 95.9 cm³/mol. The van der Waals surface area contributed by atoms with E-state index >= 15 is 0 Å². The maximum Gasteiger partial charge on any atom is 0.226 e. The number of phenolic OH excluding ortho intramolecular Hbond substituents is 1. The van der Waals surface area contributed by atoms with Crippen molar-refractivity contribution in [2.75, 3.05) is 6.54 Å². The lowest BCUT2D eigenvalue weighted by atomic mass is 9.92. The standard InChI is InChI=1S/C18H19Cl2N3O2/c19-14-7-11(24)8-15(20)12(14)6-10-4-5-23(18(10)25)17-3-1-2-16-13(17)9-21-22-16/h7-10,17,24H,1-6H2,(H,21,22)/t10?,17-/m1/s1. The molecule has 0 saturated carbocycles. The summed E-state index contributed by atoms with van der Waals surface area (Å²) in [5.41, 5.74) is 3.03. The van der Waals surface area contributed by atoms with Gasteiger partial charge in [0.1, 0.15) is 5.75 Å². The van der Waals surface area contributed by atoms with Gasteiger partial charge in [-0.05, 0) is 49.8 Å². The molecular weight excluding hydrogens is 361 g/mol. The minimum Gasteiger partial charge on any atom is -0.508 e. The topological polar surface area (TPSA) is 69.2 Å². The Hall–Kier alpha value is -1.72. The van der Waals surface area contributed by atoms with E-state index in [0.717, 1.165) is 49.0 Å². The van der Waals surface area contributed by atoms with Crippen LogP contribution in [0.1, 0.15) is 42.1 Å². The van der Waals surface area contributed by atoms with Crippen LogP contribution in [0.15, 0.2) is 18.3 Å². The number of nitrogens with zero attached hydrogens (tertiary/aromatic N) is 2. The van der Waals surface area contributed by atoms with E-state index in [1.54, 1.807) is 0 Å². The zero-order valence-electron chi connectivity index (χ0n) is 13.6. The van der Waals surface area contributed by atoms with E-state index in [1.165, 1.54) is 12.1 Å². The van der Waals surface area contributed by atoms with Crippen LogP contribution < -0.4 is 0 Å². The highest BCUT2D eigenvalue weighted by atomic mass is 35.5. The zero-order chi connectivity index (χ0) is 17.6. The number of halogens is 2. The summed E-state index contributed by atoms with van der Waals surface area (Å²) < 4.78 is 0. The Balaban J connectivity index is 1.54. The summed E-state index contributed by atoms with van der Waals surface area (Å²) in [7, 11) is 0. The van der Waals surface area contributed by atoms with E-state index in [0.29, 0.717) is 16.5 Å². The van der Waals surface area contributed by atoms with Crippen LogP contribution in [0.2, 0.25) is 10.0 Å². The molecule has 2 heterocycles. The smallest absolute Gasteiger partial charge is 0.226 e. The van der Waals surface area contributed by atoms with Gasteiger partial charge in [-0.1, -0.05) is 23.2 Å². The number of aromatic nitrogens is 2. The summed E-state index contributed by atoms with van der Waals surface area (Å²) >= 11 is 12.4. The normalized spacial score (nSPS) is 23.1. The first-order chi connectivity index (χ1) is 12.0. The van der Waals surface area contributed by atoms with Crippen LogP contribution >= 0.6 is 23.2 Å². The number of nitrogens with one attached hydrogen (secondary N) is 1. The molecule has 1 aliphatic heterocycles. The van der Waals surface area contributed by atoms with Crippen LogP contribution in [0.5, 0.6) is 5.75 Å². The number of benzene rings is 1. The number of aromatic hydroxyl groups is 1. The Morgan fingerprint density at radius 3 is 2.80 bits per heavy atom. The van der Waals surface area contributed by atoms with Gasteiger partial charge in [0.05, 0.1) is 12.2 Å². The van der Waals surface area contributed by atoms with E-state index < -0.39 is 0 Å². The van der Waals surface area contributed by atoms with Crippen LogP contribution in [-0.4, -0.2) is 32.7 Å². The SMILES string of the molecule is O=C1C(Cc2c(Cl)cc(O)cc2Cl)CCN1[C@@H]1CCCc2[nH]ncc21. The molecule has 4 rings (SSSR count). The largest absolute Gasteiger partial charge is 0.508 e. The number of carbonyl (C=O) groups is 1. The van der Waals surface area contributed by atoms with Gasteiger partial charge < -0.3 is 10.0 Å². The molecule has 2 aromatic rings. The summed E-state index contributed by atoms with van der Waals surface area (Å²) in [5, 5.41) is 17.6. The molecule has 25 heavy (non-hydrogen) atoms. The van der Waals surface area contributed by atoms with Gasteiger partial charge in [-0.15, -0.1) is 0 Å². The Morgan fingerprint density at radius 1 is 1.28 bits per heavy atom. The van der Waals surface area contributed by atoms with Crippen molar-refractivity contribution in [1.29, 1.82) is 0 Å². The van der Waals surface area contributed by atoms with Crippen molar-refractivity contribution in [3.05, 3.63) is 45.2 Å². The third-order valence-electron chi connectivity index (χ3n) is 5.32. The molecule has 7 heteroatoms. The molecule has 2 N–H and O–H groups in total. The third-order valence-corrected chi connectivity index (χ3v) is 5.99. The number of phenols is 1. The number of rotatable bonds is 3. The van der Waals surface area contributed by atoms with Crippen LogP contribution in [0.3, 0.4) is 0 Å². The van der Waals surface area contributed by atoms with E-state index in [1.807, 2.05) is 11.1 Å². The lowest BCUT2D eigenvalue weighted by Gasteiger charge is -2.31. The minimum atomic E-state index is -0.128. The lowest BCUT2D eigenvalue weighted by Crippen LogP contribution is -2.34. The monoisotopic (exact) mass is 379 g/mol. The van der Waals surface area contributed by atoms with Crippen LogP contribution in [-0.2, 0) is 17.6 Å². The summed E-state index contributed by atoms with van der Waals surface area (Å²) in [6.07, 6.45) is 6.17. The van der Waals surface area contributed by atoms with E-state index in [9.17, 15) is 9.90 Å². The maximum atomic E-state index is 13.0. The molecule has 2 atom stereocenters. The molecule has 1 saturated heterocycles. The number of aryl methyl sites for hydroxylation is 1. The second-order valence-corrected chi connectivity index (χ2v) is 7.64. The van der Waals surface area contributed by atoms with Crippen molar-refractivity contribution >= 4 is 29.1 Å². The van der Waals surface area contributed by atoms with Gasteiger partial charge in [-0.2, -0.15) is 5.10 Å². The molecule has 2 aliphatic rings. The van der Waals surface area contributed by atoms with Gasteiger partial charge in [0, 0.05) is 33.8 Å². The second-order valence-electron chi connectivity index (χ2n) is 6.82. The average molecular weight is 380 g/mol. The summed E-state index contributed by atoms with van der Waals surface area (Å²) in [5.74, 6) is 0.0592. The zero-order valence-corrected chi connectivity index (χ0v) is 15.1. The molecule has 5 nitrogen and oxygen atoms in total. The molecule has 1 fully saturated rings. The number of amides is 1. The van der Waals surface area contributed by atoms with Gasteiger partial charge in [0.15, 0.2) is 0 Å². The minimum absolute atomic E-state index is 0.0350. The van der Waals surface area contributed by atoms with Crippen molar-refractivity contribution in [3.8, 4) is 5.75 Å². The summed E-state index contributed by atoms with van der Waals surface area (Å²) in [4.78, 5) is 15.0. The number of likely N-dealkylation sites (tertiary alicyclic amines) is 1. The Kier molecular flexibility index (Phi) is 4.38. The van der Waals surface area contributed by atoms with Crippen molar-refractivity contribution in [2.24, 2.45) is 5.92 Å². The first kappa shape index (κ1) is 16.7. The fourth-order valence-corrected chi connectivity index (χ4v) is 4.68. The number of fused-ring (bicyclic) bond motifs is 1. The molecule has 0 bridgehead atoms. The average Bonchev–Trinajstić information content (AvgIpc) is 3.17. The van der Waals surface area contributed by atoms with Gasteiger partial charge in [0.25, 0.3) is 0 Å². The van der Waals surface area contributed by atoms with Crippen molar-refractivity contribution in [2.45, 2.75) is 38.1 Å². The second kappa shape index (κ2) is 6.54. The quantitative estimate of drug-likeness (QED) is 0.849. The number of hydrogen-bond donors (Lipinski definition) is 2. The Morgan fingerprint density at radius 2 is 2.04 bits per heavy atom. The Labute approximate surface area is 155 Å². The third kappa shape index (κ3) is 3.00. The molecule has 1 aromatic carbocycles. The van der Waals surface area contributed by atoms with Crippen LogP contribution in [0, 0.1) is 5.92 Å². The molecular formula is C18H19Cl2N3O2. The van der Waals surface area contributed by atoms with Gasteiger partial charge in [-0.25, -0.2) is 0 Å². The van der Waals surface area contributed by atoms with Gasteiger partial charge >= 0.3 is 0 Å². The first-order valence-electron chi connectivity index (χ1n) is 8.54. The van der Waals surface area contributed by atoms with Crippen LogP contribution in [0.25, 0.3) is 0 Å².